The van der Waals surface area contributed by atoms with Gasteiger partial charge < -0.3 is 14.8 Å². The largest absolute Gasteiger partial charge is 0.365 e. The Morgan fingerprint density at radius 3 is 2.73 bits per heavy atom. The van der Waals surface area contributed by atoms with E-state index in [1.165, 1.54) is 61.6 Å². The lowest BCUT2D eigenvalue weighted by atomic mass is 9.84. The lowest BCUT2D eigenvalue weighted by molar-refractivity contribution is 0.0959. The van der Waals surface area contributed by atoms with Crippen LogP contribution in [0.5, 0.6) is 0 Å². The number of aryl methyl sites for hydroxylation is 2. The zero-order chi connectivity index (χ0) is 22.4. The zero-order valence-electron chi connectivity index (χ0n) is 19.2. The number of piperidine rings is 1. The lowest BCUT2D eigenvalue weighted by Crippen LogP contribution is -2.51. The standard InChI is InChI=1S/C24H30N8S/c1-16-10-20(33-29-16)13-22-27-21-6-9-32(19-14-25-30(2)15-19)23(21)24(28-22)26-17-11-18(12-17)31-7-4-3-5-8-31/h6,9-10,14-15,17-18H,3-5,7-8,11-13H2,1-2H3,(H,26,27,28). The first-order valence-electron chi connectivity index (χ1n) is 11.9. The van der Waals surface area contributed by atoms with Gasteiger partial charge >= 0.3 is 0 Å². The van der Waals surface area contributed by atoms with Crippen LogP contribution in [0, 0.1) is 6.92 Å². The van der Waals surface area contributed by atoms with Gasteiger partial charge in [0.15, 0.2) is 5.82 Å². The van der Waals surface area contributed by atoms with E-state index in [1.807, 2.05) is 31.0 Å². The molecule has 8 nitrogen and oxygen atoms in total. The molecule has 1 saturated heterocycles. The van der Waals surface area contributed by atoms with Crippen LogP contribution < -0.4 is 5.32 Å². The smallest absolute Gasteiger partial charge is 0.154 e. The maximum Gasteiger partial charge on any atom is 0.154 e. The van der Waals surface area contributed by atoms with Gasteiger partial charge in [-0.3, -0.25) is 4.68 Å². The van der Waals surface area contributed by atoms with Crippen molar-refractivity contribution in [2.45, 2.75) is 57.5 Å². The highest BCUT2D eigenvalue weighted by Crippen LogP contribution is 2.33. The second-order valence-corrected chi connectivity index (χ2v) is 10.3. The maximum atomic E-state index is 5.03. The molecule has 4 aromatic rings. The Kier molecular flexibility index (Phi) is 5.38. The minimum atomic E-state index is 0.450. The molecule has 0 unspecified atom stereocenters. The molecule has 2 aliphatic rings. The summed E-state index contributed by atoms with van der Waals surface area (Å²) in [6.07, 6.45) is 13.1. The van der Waals surface area contributed by atoms with Crippen LogP contribution >= 0.6 is 11.5 Å². The van der Waals surface area contributed by atoms with Crippen LogP contribution in [0.25, 0.3) is 16.7 Å². The fraction of sp³-hybridized carbons (Fsp3) is 0.500. The first-order valence-corrected chi connectivity index (χ1v) is 12.7. The Labute approximate surface area is 197 Å². The fourth-order valence-corrected chi connectivity index (χ4v) is 5.89. The van der Waals surface area contributed by atoms with E-state index >= 15 is 0 Å². The summed E-state index contributed by atoms with van der Waals surface area (Å²) in [6.45, 7) is 4.55. The Bertz CT molecular complexity index is 1260. The van der Waals surface area contributed by atoms with Gasteiger partial charge in [0.05, 0.1) is 23.1 Å². The summed E-state index contributed by atoms with van der Waals surface area (Å²) in [5, 5.41) is 8.15. The van der Waals surface area contributed by atoms with E-state index in [2.05, 4.69) is 42.6 Å². The number of aromatic nitrogens is 6. The highest BCUT2D eigenvalue weighted by molar-refractivity contribution is 7.05. The monoisotopic (exact) mass is 462 g/mol. The number of hydrogen-bond acceptors (Lipinski definition) is 7. The SMILES string of the molecule is Cc1cc(Cc2nc(NC3CC(N4CCCCC4)C3)c3c(ccn3-c3cnn(C)c3)n2)sn1. The predicted molar refractivity (Wildman–Crippen MR) is 131 cm³/mol. The van der Waals surface area contributed by atoms with E-state index in [1.54, 1.807) is 0 Å². The van der Waals surface area contributed by atoms with Gasteiger partial charge in [-0.15, -0.1) is 0 Å². The molecule has 9 heteroatoms. The number of anilines is 1. The van der Waals surface area contributed by atoms with Crippen molar-refractivity contribution in [3.05, 3.63) is 47.1 Å². The van der Waals surface area contributed by atoms with E-state index < -0.39 is 0 Å². The number of rotatable bonds is 6. The fourth-order valence-electron chi connectivity index (χ4n) is 5.16. The van der Waals surface area contributed by atoms with Crippen molar-refractivity contribution < 1.29 is 0 Å². The van der Waals surface area contributed by atoms with Crippen LogP contribution in [0.1, 0.15) is 48.5 Å². The molecule has 2 fully saturated rings. The first-order chi connectivity index (χ1) is 16.1. The average molecular weight is 463 g/mol. The Hall–Kier alpha value is -2.78. The molecule has 1 aliphatic carbocycles. The van der Waals surface area contributed by atoms with Crippen molar-refractivity contribution in [2.75, 3.05) is 18.4 Å². The van der Waals surface area contributed by atoms with Crippen molar-refractivity contribution in [2.24, 2.45) is 7.05 Å². The van der Waals surface area contributed by atoms with Gasteiger partial charge in [0.2, 0.25) is 0 Å². The van der Waals surface area contributed by atoms with Crippen molar-refractivity contribution in [1.82, 2.24) is 33.6 Å². The molecule has 172 valence electrons. The lowest BCUT2D eigenvalue weighted by Gasteiger charge is -2.45. The minimum absolute atomic E-state index is 0.450. The minimum Gasteiger partial charge on any atom is -0.365 e. The van der Waals surface area contributed by atoms with Crippen LogP contribution in [-0.4, -0.2) is 58.8 Å². The van der Waals surface area contributed by atoms with Crippen molar-refractivity contribution in [3.63, 3.8) is 0 Å². The molecule has 0 aromatic carbocycles. The molecular weight excluding hydrogens is 432 g/mol. The molecule has 6 rings (SSSR count). The Balaban J connectivity index is 1.30. The van der Waals surface area contributed by atoms with E-state index in [0.717, 1.165) is 34.1 Å². The molecule has 0 atom stereocenters. The molecule has 0 radical (unpaired) electrons. The third kappa shape index (κ3) is 4.15. The molecule has 0 amide bonds. The van der Waals surface area contributed by atoms with Crippen LogP contribution in [0.2, 0.25) is 0 Å². The molecule has 4 aromatic heterocycles. The van der Waals surface area contributed by atoms with Crippen molar-refractivity contribution in [3.8, 4) is 5.69 Å². The highest BCUT2D eigenvalue weighted by Gasteiger charge is 2.34. The van der Waals surface area contributed by atoms with Crippen LogP contribution in [-0.2, 0) is 13.5 Å². The van der Waals surface area contributed by atoms with Gasteiger partial charge in [0, 0.05) is 42.8 Å². The zero-order valence-corrected chi connectivity index (χ0v) is 20.1. The second-order valence-electron chi connectivity index (χ2n) is 9.45. The highest BCUT2D eigenvalue weighted by atomic mass is 32.1. The number of nitrogens with one attached hydrogen (secondary N) is 1. The quantitative estimate of drug-likeness (QED) is 0.468. The second kappa shape index (κ2) is 8.53. The maximum absolute atomic E-state index is 5.03. The molecule has 33 heavy (non-hydrogen) atoms. The van der Waals surface area contributed by atoms with Crippen LogP contribution in [0.4, 0.5) is 5.82 Å². The predicted octanol–water partition coefficient (Wildman–Crippen LogP) is 3.94. The molecular formula is C24H30N8S. The number of fused-ring (bicyclic) bond motifs is 1. The van der Waals surface area contributed by atoms with E-state index in [4.69, 9.17) is 9.97 Å². The van der Waals surface area contributed by atoms with Gasteiger partial charge in [-0.25, -0.2) is 9.97 Å². The topological polar surface area (TPSA) is 76.7 Å². The molecule has 1 aliphatic heterocycles. The summed E-state index contributed by atoms with van der Waals surface area (Å²) >= 11 is 1.53. The van der Waals surface area contributed by atoms with E-state index in [0.29, 0.717) is 18.5 Å². The van der Waals surface area contributed by atoms with Gasteiger partial charge in [0.1, 0.15) is 11.3 Å². The normalized spacial score (nSPS) is 21.4. The summed E-state index contributed by atoms with van der Waals surface area (Å²) in [4.78, 5) is 13.8. The number of likely N-dealkylation sites (tertiary alicyclic amines) is 1. The summed E-state index contributed by atoms with van der Waals surface area (Å²) in [6, 6.07) is 5.37. The Morgan fingerprint density at radius 2 is 2.00 bits per heavy atom. The molecule has 0 bridgehead atoms. The number of nitrogens with zero attached hydrogens (tertiary/aromatic N) is 7. The molecule has 0 spiro atoms. The summed E-state index contributed by atoms with van der Waals surface area (Å²) < 4.78 is 8.39. The van der Waals surface area contributed by atoms with Gasteiger partial charge in [-0.1, -0.05) is 6.42 Å². The summed E-state index contributed by atoms with van der Waals surface area (Å²) in [5.41, 5.74) is 4.05. The van der Waals surface area contributed by atoms with Gasteiger partial charge in [0.25, 0.3) is 0 Å². The first kappa shape index (κ1) is 20.8. The van der Waals surface area contributed by atoms with Crippen LogP contribution in [0.15, 0.2) is 30.7 Å². The number of hydrogen-bond donors (Lipinski definition) is 1. The van der Waals surface area contributed by atoms with Gasteiger partial charge in [-0.2, -0.15) is 9.47 Å². The molecule has 1 saturated carbocycles. The van der Waals surface area contributed by atoms with E-state index in [9.17, 15) is 0 Å². The third-order valence-corrected chi connectivity index (χ3v) is 7.80. The van der Waals surface area contributed by atoms with Crippen molar-refractivity contribution >= 4 is 28.4 Å². The average Bonchev–Trinajstić information content (AvgIpc) is 3.51. The molecule has 1 N–H and O–H groups in total. The third-order valence-electron chi connectivity index (χ3n) is 6.92. The van der Waals surface area contributed by atoms with Crippen LogP contribution in [0.3, 0.4) is 0 Å². The molecule has 5 heterocycles. The summed E-state index contributed by atoms with van der Waals surface area (Å²) in [7, 11) is 1.94. The van der Waals surface area contributed by atoms with Crippen molar-refractivity contribution in [1.29, 1.82) is 0 Å². The Morgan fingerprint density at radius 1 is 1.15 bits per heavy atom. The summed E-state index contributed by atoms with van der Waals surface area (Å²) in [5.74, 6) is 1.76. The van der Waals surface area contributed by atoms with Gasteiger partial charge in [-0.05, 0) is 69.4 Å². The van der Waals surface area contributed by atoms with E-state index in [-0.39, 0.29) is 0 Å².